The van der Waals surface area contributed by atoms with Crippen molar-refractivity contribution in [3.8, 4) is 0 Å². The Labute approximate surface area is 99.2 Å². The maximum absolute atomic E-state index is 12.5. The molecule has 0 radical (unpaired) electrons. The predicted molar refractivity (Wildman–Crippen MR) is 64.7 cm³/mol. The number of rotatable bonds is 1. The lowest BCUT2D eigenvalue weighted by atomic mass is 9.91. The number of hydrogen-bond donors (Lipinski definition) is 1. The quantitative estimate of drug-likeness (QED) is 0.716. The Morgan fingerprint density at radius 3 is 2.35 bits per heavy atom. The van der Waals surface area contributed by atoms with E-state index in [1.54, 1.807) is 13.9 Å². The van der Waals surface area contributed by atoms with E-state index in [-0.39, 0.29) is 0 Å². The molecule has 0 aliphatic carbocycles. The highest BCUT2D eigenvalue weighted by Gasteiger charge is 2.30. The highest BCUT2D eigenvalue weighted by molar-refractivity contribution is 6.36. The second-order valence-electron chi connectivity index (χ2n) is 4.24. The topological polar surface area (TPSA) is 15.3 Å². The van der Waals surface area contributed by atoms with Gasteiger partial charge >= 0.3 is 6.18 Å². The first-order valence-corrected chi connectivity index (χ1v) is 5.62. The standard InChI is InChI=1S/C11H14BF3N2/c12-9-7-8(11(13,14)15)1-2-10(9)17-5-3-16-4-6-17/h1-2,7,16H,3-6,12H2. The average molecular weight is 242 g/mol. The normalized spacial score (nSPS) is 17.2. The Morgan fingerprint density at radius 1 is 1.18 bits per heavy atom. The SMILES string of the molecule is Bc1cc(C(F)(F)F)ccc1N1CCNCC1. The van der Waals surface area contributed by atoms with Crippen molar-refractivity contribution in [3.05, 3.63) is 23.8 Å². The summed E-state index contributed by atoms with van der Waals surface area (Å²) in [5.41, 5.74) is 1.01. The van der Waals surface area contributed by atoms with Crippen molar-refractivity contribution in [2.24, 2.45) is 0 Å². The molecule has 0 spiro atoms. The van der Waals surface area contributed by atoms with Crippen LogP contribution in [0.3, 0.4) is 0 Å². The highest BCUT2D eigenvalue weighted by atomic mass is 19.4. The van der Waals surface area contributed by atoms with Crippen LogP contribution in [0.5, 0.6) is 0 Å². The molecule has 0 unspecified atom stereocenters. The van der Waals surface area contributed by atoms with Gasteiger partial charge < -0.3 is 10.2 Å². The lowest BCUT2D eigenvalue weighted by molar-refractivity contribution is -0.137. The smallest absolute Gasteiger partial charge is 0.369 e. The van der Waals surface area contributed by atoms with Crippen LogP contribution < -0.4 is 15.7 Å². The minimum Gasteiger partial charge on any atom is -0.369 e. The number of benzene rings is 1. The molecule has 1 aliphatic rings. The molecule has 0 aromatic heterocycles. The van der Waals surface area contributed by atoms with E-state index in [0.717, 1.165) is 37.9 Å². The molecule has 2 rings (SSSR count). The number of nitrogens with one attached hydrogen (secondary N) is 1. The third-order valence-electron chi connectivity index (χ3n) is 2.98. The monoisotopic (exact) mass is 242 g/mol. The fourth-order valence-corrected chi connectivity index (χ4v) is 2.09. The zero-order chi connectivity index (χ0) is 12.5. The van der Waals surface area contributed by atoms with Crippen molar-refractivity contribution in [1.82, 2.24) is 5.32 Å². The van der Waals surface area contributed by atoms with Gasteiger partial charge in [-0.25, -0.2) is 0 Å². The Kier molecular flexibility index (Phi) is 3.33. The van der Waals surface area contributed by atoms with E-state index in [1.807, 2.05) is 0 Å². The van der Waals surface area contributed by atoms with Gasteiger partial charge in [0.25, 0.3) is 0 Å². The Hall–Kier alpha value is -1.17. The molecule has 1 heterocycles. The summed E-state index contributed by atoms with van der Waals surface area (Å²) in [5, 5.41) is 3.22. The van der Waals surface area contributed by atoms with Crippen LogP contribution >= 0.6 is 0 Å². The minimum atomic E-state index is -4.26. The molecule has 17 heavy (non-hydrogen) atoms. The Bertz CT molecular complexity index is 400. The van der Waals surface area contributed by atoms with Crippen molar-refractivity contribution in [3.63, 3.8) is 0 Å². The molecule has 1 aromatic rings. The molecule has 1 aliphatic heterocycles. The van der Waals surface area contributed by atoms with Gasteiger partial charge in [0.2, 0.25) is 0 Å². The van der Waals surface area contributed by atoms with Crippen LogP contribution in [0.2, 0.25) is 0 Å². The Morgan fingerprint density at radius 2 is 1.82 bits per heavy atom. The molecule has 92 valence electrons. The molecule has 2 nitrogen and oxygen atoms in total. The third kappa shape index (κ3) is 2.75. The van der Waals surface area contributed by atoms with Crippen molar-refractivity contribution < 1.29 is 13.2 Å². The van der Waals surface area contributed by atoms with E-state index in [1.165, 1.54) is 6.07 Å². The van der Waals surface area contributed by atoms with Gasteiger partial charge in [0.1, 0.15) is 7.85 Å². The molecule has 0 atom stereocenters. The number of anilines is 1. The molecule has 1 saturated heterocycles. The van der Waals surface area contributed by atoms with Crippen LogP contribution in [0, 0.1) is 0 Å². The third-order valence-corrected chi connectivity index (χ3v) is 2.98. The van der Waals surface area contributed by atoms with Crippen molar-refractivity contribution in [2.75, 3.05) is 31.1 Å². The van der Waals surface area contributed by atoms with E-state index in [4.69, 9.17) is 0 Å². The van der Waals surface area contributed by atoms with Crippen LogP contribution in [-0.4, -0.2) is 34.0 Å². The van der Waals surface area contributed by atoms with Gasteiger partial charge in [-0.3, -0.25) is 0 Å². The zero-order valence-electron chi connectivity index (χ0n) is 9.64. The van der Waals surface area contributed by atoms with Gasteiger partial charge in [-0.2, -0.15) is 13.2 Å². The summed E-state index contributed by atoms with van der Waals surface area (Å²) >= 11 is 0. The average Bonchev–Trinajstić information content (AvgIpc) is 2.29. The van der Waals surface area contributed by atoms with Crippen LogP contribution in [0.4, 0.5) is 18.9 Å². The van der Waals surface area contributed by atoms with Gasteiger partial charge in [-0.15, -0.1) is 0 Å². The lowest BCUT2D eigenvalue weighted by Crippen LogP contribution is -2.45. The van der Waals surface area contributed by atoms with Crippen LogP contribution in [-0.2, 0) is 6.18 Å². The van der Waals surface area contributed by atoms with E-state index in [2.05, 4.69) is 10.2 Å². The van der Waals surface area contributed by atoms with Crippen LogP contribution in [0.25, 0.3) is 0 Å². The number of halogens is 3. The summed E-state index contributed by atoms with van der Waals surface area (Å²) < 4.78 is 37.6. The fraction of sp³-hybridized carbons (Fsp3) is 0.455. The number of hydrogen-bond acceptors (Lipinski definition) is 2. The van der Waals surface area contributed by atoms with Gasteiger partial charge in [0.05, 0.1) is 5.56 Å². The van der Waals surface area contributed by atoms with Crippen molar-refractivity contribution in [1.29, 1.82) is 0 Å². The van der Waals surface area contributed by atoms with E-state index in [0.29, 0.717) is 5.46 Å². The summed E-state index contributed by atoms with van der Waals surface area (Å²) in [4.78, 5) is 2.12. The molecular weight excluding hydrogens is 228 g/mol. The molecular formula is C11H14BF3N2. The van der Waals surface area contributed by atoms with E-state index >= 15 is 0 Å². The number of nitrogens with zero attached hydrogens (tertiary/aromatic N) is 1. The summed E-state index contributed by atoms with van der Waals surface area (Å²) in [7, 11) is 1.73. The summed E-state index contributed by atoms with van der Waals surface area (Å²) in [5.74, 6) is 0. The van der Waals surface area contributed by atoms with Gasteiger partial charge in [-0.1, -0.05) is 11.5 Å². The van der Waals surface area contributed by atoms with E-state index < -0.39 is 11.7 Å². The largest absolute Gasteiger partial charge is 0.416 e. The fourth-order valence-electron chi connectivity index (χ4n) is 2.09. The first-order chi connectivity index (χ1) is 7.98. The second kappa shape index (κ2) is 4.60. The zero-order valence-corrected chi connectivity index (χ0v) is 9.64. The molecule has 1 fully saturated rings. The predicted octanol–water partition coefficient (Wildman–Crippen LogP) is 0.373. The summed E-state index contributed by atoms with van der Waals surface area (Å²) in [6.45, 7) is 3.43. The maximum atomic E-state index is 12.5. The molecule has 0 bridgehead atoms. The highest BCUT2D eigenvalue weighted by Crippen LogP contribution is 2.29. The molecule has 0 amide bonds. The van der Waals surface area contributed by atoms with Gasteiger partial charge in [0.15, 0.2) is 0 Å². The summed E-state index contributed by atoms with van der Waals surface area (Å²) in [6, 6.07) is 3.95. The lowest BCUT2D eigenvalue weighted by Gasteiger charge is -2.31. The van der Waals surface area contributed by atoms with Crippen molar-refractivity contribution >= 4 is 19.0 Å². The molecule has 0 saturated carbocycles. The van der Waals surface area contributed by atoms with Gasteiger partial charge in [0, 0.05) is 31.9 Å². The summed E-state index contributed by atoms with van der Waals surface area (Å²) in [6.07, 6.45) is -4.26. The van der Waals surface area contributed by atoms with Crippen molar-refractivity contribution in [2.45, 2.75) is 6.18 Å². The molecule has 1 N–H and O–H groups in total. The first kappa shape index (κ1) is 12.3. The van der Waals surface area contributed by atoms with E-state index in [9.17, 15) is 13.2 Å². The Balaban J connectivity index is 2.25. The van der Waals surface area contributed by atoms with Crippen LogP contribution in [0.15, 0.2) is 18.2 Å². The minimum absolute atomic E-state index is 0.575. The molecule has 1 aromatic carbocycles. The molecule has 6 heteroatoms. The maximum Gasteiger partial charge on any atom is 0.416 e. The van der Waals surface area contributed by atoms with Gasteiger partial charge in [-0.05, 0) is 12.1 Å². The first-order valence-electron chi connectivity index (χ1n) is 5.62. The number of alkyl halides is 3. The second-order valence-corrected chi connectivity index (χ2v) is 4.24. The van der Waals surface area contributed by atoms with Crippen LogP contribution in [0.1, 0.15) is 5.56 Å². The number of piperazine rings is 1.